The maximum atomic E-state index is 12.7. The predicted molar refractivity (Wildman–Crippen MR) is 81.2 cm³/mol. The number of rotatable bonds is 3. The highest BCUT2D eigenvalue weighted by Crippen LogP contribution is 2.31. The lowest BCUT2D eigenvalue weighted by atomic mass is 10.2. The highest BCUT2D eigenvalue weighted by atomic mass is 79.9. The number of nitrogens with zero attached hydrogens (tertiary/aromatic N) is 1. The highest BCUT2D eigenvalue weighted by molar-refractivity contribution is 9.13. The first-order valence-electron chi connectivity index (χ1n) is 5.10. The van der Waals surface area contributed by atoms with Crippen LogP contribution in [0.1, 0.15) is 15.2 Å². The third kappa shape index (κ3) is 3.95. The summed E-state index contributed by atoms with van der Waals surface area (Å²) < 4.78 is 14.6. The van der Waals surface area contributed by atoms with Crippen molar-refractivity contribution in [1.82, 2.24) is 5.43 Å². The van der Waals surface area contributed by atoms with Gasteiger partial charge < -0.3 is 0 Å². The molecule has 3 nitrogen and oxygen atoms in total. The molecule has 1 N–H and O–H groups in total. The van der Waals surface area contributed by atoms with Gasteiger partial charge in [-0.25, -0.2) is 9.82 Å². The van der Waals surface area contributed by atoms with Crippen LogP contribution in [0.25, 0.3) is 0 Å². The lowest BCUT2D eigenvalue weighted by molar-refractivity contribution is 0.0955. The molecule has 1 aromatic heterocycles. The number of carbonyl (C=O) groups excluding carboxylic acids is 1. The first kappa shape index (κ1) is 14.4. The zero-order valence-electron chi connectivity index (χ0n) is 9.36. The number of hydrogen-bond donors (Lipinski definition) is 1. The van der Waals surface area contributed by atoms with E-state index in [9.17, 15) is 9.18 Å². The fraction of sp³-hybridized carbons (Fsp3) is 0. The number of hydrogen-bond acceptors (Lipinski definition) is 3. The minimum absolute atomic E-state index is 0.354. The summed E-state index contributed by atoms with van der Waals surface area (Å²) in [6.45, 7) is 0. The third-order valence-corrected chi connectivity index (χ3v) is 5.32. The molecule has 0 saturated heterocycles. The van der Waals surface area contributed by atoms with Crippen LogP contribution < -0.4 is 5.43 Å². The molecule has 98 valence electrons. The van der Waals surface area contributed by atoms with Crippen LogP contribution in [0, 0.1) is 5.82 Å². The Hall–Kier alpha value is -1.05. The maximum Gasteiger partial charge on any atom is 0.271 e. The minimum atomic E-state index is -0.383. The molecule has 0 bridgehead atoms. The van der Waals surface area contributed by atoms with Crippen LogP contribution in [0.15, 0.2) is 43.7 Å². The summed E-state index contributed by atoms with van der Waals surface area (Å²) in [6.07, 6.45) is 1.54. The van der Waals surface area contributed by atoms with E-state index in [2.05, 4.69) is 42.4 Å². The Kier molecular flexibility index (Phi) is 4.84. The molecule has 0 aliphatic rings. The Morgan fingerprint density at radius 2 is 2.00 bits per heavy atom. The molecule has 0 atom stereocenters. The van der Waals surface area contributed by atoms with Gasteiger partial charge in [0.1, 0.15) is 5.82 Å². The normalized spacial score (nSPS) is 10.9. The third-order valence-electron chi connectivity index (χ3n) is 2.13. The van der Waals surface area contributed by atoms with Crippen molar-refractivity contribution in [3.63, 3.8) is 0 Å². The summed E-state index contributed by atoms with van der Waals surface area (Å²) in [4.78, 5) is 12.5. The Labute approximate surface area is 129 Å². The lowest BCUT2D eigenvalue weighted by Gasteiger charge is -1.98. The monoisotopic (exact) mass is 404 g/mol. The van der Waals surface area contributed by atoms with Gasteiger partial charge in [0.15, 0.2) is 0 Å². The molecule has 2 rings (SSSR count). The Morgan fingerprint density at radius 3 is 2.58 bits per heavy atom. The number of nitrogens with one attached hydrogen (secondary N) is 1. The fourth-order valence-corrected chi connectivity index (χ4v) is 3.21. The lowest BCUT2D eigenvalue weighted by Crippen LogP contribution is -2.17. The van der Waals surface area contributed by atoms with Crippen LogP contribution >= 0.6 is 43.2 Å². The molecule has 2 aromatic rings. The van der Waals surface area contributed by atoms with Crippen LogP contribution in [0.3, 0.4) is 0 Å². The van der Waals surface area contributed by atoms with E-state index in [0.717, 1.165) is 13.1 Å². The van der Waals surface area contributed by atoms with Crippen molar-refractivity contribution in [2.45, 2.75) is 0 Å². The van der Waals surface area contributed by atoms with Gasteiger partial charge >= 0.3 is 0 Å². The standard InChI is InChI=1S/C12H7Br2FN2OS/c13-10-5-9(19-11(10)14)6-16-17-12(18)7-1-3-8(15)4-2-7/h1-6H,(H,17,18)/b16-6+. The molecular formula is C12H7Br2FN2OS. The van der Waals surface area contributed by atoms with Crippen molar-refractivity contribution < 1.29 is 9.18 Å². The second-order valence-corrected chi connectivity index (χ2v) is 6.73. The molecule has 0 aliphatic carbocycles. The molecule has 0 radical (unpaired) electrons. The second kappa shape index (κ2) is 6.40. The molecule has 1 amide bonds. The van der Waals surface area contributed by atoms with Crippen LogP contribution in [0.5, 0.6) is 0 Å². The number of carbonyl (C=O) groups is 1. The average Bonchev–Trinajstić information content (AvgIpc) is 2.69. The minimum Gasteiger partial charge on any atom is -0.267 e. The van der Waals surface area contributed by atoms with Crippen LogP contribution in [-0.4, -0.2) is 12.1 Å². The molecule has 0 fully saturated rings. The van der Waals surface area contributed by atoms with E-state index in [1.807, 2.05) is 6.07 Å². The smallest absolute Gasteiger partial charge is 0.267 e. The van der Waals surface area contributed by atoms with Gasteiger partial charge in [0.05, 0.1) is 10.0 Å². The first-order valence-corrected chi connectivity index (χ1v) is 7.50. The first-order chi connectivity index (χ1) is 9.06. The highest BCUT2D eigenvalue weighted by Gasteiger charge is 2.04. The molecule has 19 heavy (non-hydrogen) atoms. The zero-order valence-corrected chi connectivity index (χ0v) is 13.4. The van der Waals surface area contributed by atoms with E-state index < -0.39 is 0 Å². The quantitative estimate of drug-likeness (QED) is 0.604. The zero-order chi connectivity index (χ0) is 13.8. The summed E-state index contributed by atoms with van der Waals surface area (Å²) in [7, 11) is 0. The second-order valence-electron chi connectivity index (χ2n) is 3.48. The van der Waals surface area contributed by atoms with Gasteiger partial charge in [-0.2, -0.15) is 5.10 Å². The molecule has 7 heteroatoms. The van der Waals surface area contributed by atoms with Gasteiger partial charge in [-0.15, -0.1) is 11.3 Å². The van der Waals surface area contributed by atoms with Crippen LogP contribution in [0.4, 0.5) is 4.39 Å². The summed E-state index contributed by atoms with van der Waals surface area (Å²) in [5.74, 6) is -0.765. The molecule has 0 spiro atoms. The molecule has 0 unspecified atom stereocenters. The van der Waals surface area contributed by atoms with Crippen molar-refractivity contribution in [3.8, 4) is 0 Å². The summed E-state index contributed by atoms with van der Waals surface area (Å²) in [5, 5.41) is 3.85. The molecule has 1 aromatic carbocycles. The molecular weight excluding hydrogens is 399 g/mol. The molecule has 1 heterocycles. The molecule has 0 aliphatic heterocycles. The van der Waals surface area contributed by atoms with Gasteiger partial charge in [0.2, 0.25) is 0 Å². The van der Waals surface area contributed by atoms with Crippen molar-refractivity contribution in [3.05, 3.63) is 54.8 Å². The molecule has 0 saturated carbocycles. The van der Waals surface area contributed by atoms with E-state index in [-0.39, 0.29) is 11.7 Å². The van der Waals surface area contributed by atoms with Gasteiger partial charge in [-0.05, 0) is 62.2 Å². The summed E-state index contributed by atoms with van der Waals surface area (Å²) in [6, 6.07) is 7.14. The van der Waals surface area contributed by atoms with Crippen molar-refractivity contribution >= 4 is 55.3 Å². The van der Waals surface area contributed by atoms with Crippen LogP contribution in [0.2, 0.25) is 0 Å². The van der Waals surface area contributed by atoms with E-state index in [4.69, 9.17) is 0 Å². The van der Waals surface area contributed by atoms with Gasteiger partial charge in [-0.3, -0.25) is 4.79 Å². The average molecular weight is 406 g/mol. The number of thiophene rings is 1. The Bertz CT molecular complexity index is 606. The van der Waals surface area contributed by atoms with Gasteiger partial charge in [0.25, 0.3) is 5.91 Å². The van der Waals surface area contributed by atoms with Crippen molar-refractivity contribution in [2.75, 3.05) is 0 Å². The largest absolute Gasteiger partial charge is 0.271 e. The van der Waals surface area contributed by atoms with Gasteiger partial charge in [-0.1, -0.05) is 0 Å². The summed E-state index contributed by atoms with van der Waals surface area (Å²) in [5.41, 5.74) is 2.73. The number of hydrazone groups is 1. The number of amides is 1. The predicted octanol–water partition coefficient (Wildman–Crippen LogP) is 4.18. The van der Waals surface area contributed by atoms with Gasteiger partial charge in [0, 0.05) is 14.9 Å². The van der Waals surface area contributed by atoms with Crippen LogP contribution in [-0.2, 0) is 0 Å². The van der Waals surface area contributed by atoms with E-state index in [1.165, 1.54) is 35.6 Å². The maximum absolute atomic E-state index is 12.7. The topological polar surface area (TPSA) is 41.5 Å². The van der Waals surface area contributed by atoms with Crippen molar-refractivity contribution in [1.29, 1.82) is 0 Å². The Morgan fingerprint density at radius 1 is 1.32 bits per heavy atom. The number of benzene rings is 1. The fourth-order valence-electron chi connectivity index (χ4n) is 1.25. The number of halogens is 3. The SMILES string of the molecule is O=C(N/N=C/c1cc(Br)c(Br)s1)c1ccc(F)cc1. The van der Waals surface area contributed by atoms with Crippen molar-refractivity contribution in [2.24, 2.45) is 5.10 Å². The summed E-state index contributed by atoms with van der Waals surface area (Å²) >= 11 is 8.21. The van der Waals surface area contributed by atoms with E-state index in [0.29, 0.717) is 5.56 Å². The van der Waals surface area contributed by atoms with E-state index in [1.54, 1.807) is 6.21 Å². The van der Waals surface area contributed by atoms with E-state index >= 15 is 0 Å². The Balaban J connectivity index is 1.98.